The van der Waals surface area contributed by atoms with Crippen molar-refractivity contribution in [3.05, 3.63) is 0 Å². The van der Waals surface area contributed by atoms with Crippen LogP contribution < -0.4 is 11.5 Å². The fourth-order valence-electron chi connectivity index (χ4n) is 1.32. The molecule has 0 heterocycles. The highest BCUT2D eigenvalue weighted by Crippen LogP contribution is 2.16. The van der Waals surface area contributed by atoms with Crippen LogP contribution in [-0.4, -0.2) is 34.5 Å². The van der Waals surface area contributed by atoms with Gasteiger partial charge in [0.1, 0.15) is 0 Å². The summed E-state index contributed by atoms with van der Waals surface area (Å²) >= 11 is 0. The molecule has 10 heavy (non-hydrogen) atoms. The largest absolute Gasteiger partial charge is 0.390 e. The van der Waals surface area contributed by atoms with Crippen molar-refractivity contribution in [1.82, 2.24) is 0 Å². The Balaban J connectivity index is 2.49. The third-order valence-electron chi connectivity index (χ3n) is 1.95. The lowest BCUT2D eigenvalue weighted by molar-refractivity contribution is -0.0259. The lowest BCUT2D eigenvalue weighted by Crippen LogP contribution is -2.52. The standard InChI is InChI=1S/C6H14N2O2/c7-3-1-4(8)6(10)5(9)2-3/h3-6,9-10H,1-2,7-8H2/t3-,4-,5+,6+/m1/s1. The molecule has 0 aliphatic heterocycles. The van der Waals surface area contributed by atoms with Crippen LogP contribution in [0.3, 0.4) is 0 Å². The molecule has 0 amide bonds. The van der Waals surface area contributed by atoms with Crippen LogP contribution >= 0.6 is 0 Å². The van der Waals surface area contributed by atoms with Crippen molar-refractivity contribution in [2.24, 2.45) is 11.5 Å². The molecule has 0 aromatic heterocycles. The normalized spacial score (nSPS) is 49.2. The molecule has 1 fully saturated rings. The monoisotopic (exact) mass is 146 g/mol. The Hall–Kier alpha value is -0.160. The minimum Gasteiger partial charge on any atom is -0.390 e. The van der Waals surface area contributed by atoms with Gasteiger partial charge >= 0.3 is 0 Å². The van der Waals surface area contributed by atoms with Crippen molar-refractivity contribution in [2.75, 3.05) is 0 Å². The van der Waals surface area contributed by atoms with Crippen molar-refractivity contribution in [1.29, 1.82) is 0 Å². The fourth-order valence-corrected chi connectivity index (χ4v) is 1.32. The van der Waals surface area contributed by atoms with E-state index in [-0.39, 0.29) is 12.1 Å². The Bertz CT molecular complexity index is 108. The van der Waals surface area contributed by atoms with Gasteiger partial charge in [0.15, 0.2) is 0 Å². The highest BCUT2D eigenvalue weighted by Gasteiger charge is 2.31. The van der Waals surface area contributed by atoms with Gasteiger partial charge in [0.25, 0.3) is 0 Å². The summed E-state index contributed by atoms with van der Waals surface area (Å²) in [5.74, 6) is 0. The molecule has 60 valence electrons. The average molecular weight is 146 g/mol. The predicted octanol–water partition coefficient (Wildman–Crippen LogP) is -1.84. The number of hydrogen-bond acceptors (Lipinski definition) is 4. The molecule has 1 aliphatic carbocycles. The van der Waals surface area contributed by atoms with Crippen LogP contribution in [0.5, 0.6) is 0 Å². The molecule has 4 nitrogen and oxygen atoms in total. The van der Waals surface area contributed by atoms with Gasteiger partial charge in [0.2, 0.25) is 0 Å². The van der Waals surface area contributed by atoms with Crippen LogP contribution in [0.15, 0.2) is 0 Å². The van der Waals surface area contributed by atoms with Crippen LogP contribution in [0.2, 0.25) is 0 Å². The summed E-state index contributed by atoms with van der Waals surface area (Å²) in [5, 5.41) is 18.2. The third-order valence-corrected chi connectivity index (χ3v) is 1.95. The summed E-state index contributed by atoms with van der Waals surface area (Å²) in [7, 11) is 0. The minimum atomic E-state index is -0.792. The second-order valence-corrected chi connectivity index (χ2v) is 2.95. The van der Waals surface area contributed by atoms with E-state index < -0.39 is 12.2 Å². The van der Waals surface area contributed by atoms with Crippen LogP contribution in [0.1, 0.15) is 12.8 Å². The zero-order valence-corrected chi connectivity index (χ0v) is 5.77. The van der Waals surface area contributed by atoms with Gasteiger partial charge in [-0.2, -0.15) is 0 Å². The van der Waals surface area contributed by atoms with Crippen molar-refractivity contribution < 1.29 is 10.2 Å². The minimum absolute atomic E-state index is 0.0617. The Kier molecular flexibility index (Phi) is 2.25. The summed E-state index contributed by atoms with van der Waals surface area (Å²) in [6.45, 7) is 0. The van der Waals surface area contributed by atoms with Gasteiger partial charge in [-0.05, 0) is 12.8 Å². The molecule has 0 unspecified atom stereocenters. The molecule has 0 aromatic rings. The number of aliphatic hydroxyl groups excluding tert-OH is 2. The van der Waals surface area contributed by atoms with Gasteiger partial charge in [-0.1, -0.05) is 0 Å². The van der Waals surface area contributed by atoms with Gasteiger partial charge in [-0.3, -0.25) is 0 Å². The lowest BCUT2D eigenvalue weighted by Gasteiger charge is -2.32. The van der Waals surface area contributed by atoms with Crippen LogP contribution in [0, 0.1) is 0 Å². The number of nitrogens with two attached hydrogens (primary N) is 2. The van der Waals surface area contributed by atoms with Gasteiger partial charge in [0, 0.05) is 12.1 Å². The maximum atomic E-state index is 9.13. The van der Waals surface area contributed by atoms with Gasteiger partial charge in [-0.25, -0.2) is 0 Å². The van der Waals surface area contributed by atoms with E-state index in [1.807, 2.05) is 0 Å². The molecular formula is C6H14N2O2. The van der Waals surface area contributed by atoms with Gasteiger partial charge in [0.05, 0.1) is 12.2 Å². The first-order valence-electron chi connectivity index (χ1n) is 3.48. The van der Waals surface area contributed by atoms with E-state index in [0.29, 0.717) is 12.8 Å². The van der Waals surface area contributed by atoms with Gasteiger partial charge < -0.3 is 21.7 Å². The summed E-state index contributed by atoms with van der Waals surface area (Å²) in [4.78, 5) is 0. The first-order valence-corrected chi connectivity index (χ1v) is 3.48. The SMILES string of the molecule is N[C@@H]1C[C@@H](N)[C@H](O)[C@@H](O)C1. The Morgan fingerprint density at radius 2 is 1.70 bits per heavy atom. The molecule has 4 atom stereocenters. The first kappa shape index (κ1) is 7.94. The van der Waals surface area contributed by atoms with Crippen LogP contribution in [0.4, 0.5) is 0 Å². The zero-order valence-electron chi connectivity index (χ0n) is 5.77. The summed E-state index contributed by atoms with van der Waals surface area (Å²) in [5.41, 5.74) is 11.0. The highest BCUT2D eigenvalue weighted by atomic mass is 16.3. The molecule has 1 aliphatic rings. The average Bonchev–Trinajstić information content (AvgIpc) is 1.82. The van der Waals surface area contributed by atoms with Crippen molar-refractivity contribution in [3.8, 4) is 0 Å². The molecular weight excluding hydrogens is 132 g/mol. The lowest BCUT2D eigenvalue weighted by atomic mass is 9.87. The smallest absolute Gasteiger partial charge is 0.0950 e. The molecule has 6 N–H and O–H groups in total. The molecule has 1 rings (SSSR count). The molecule has 4 heteroatoms. The second kappa shape index (κ2) is 2.84. The molecule has 0 aromatic carbocycles. The van der Waals surface area contributed by atoms with Gasteiger partial charge in [-0.15, -0.1) is 0 Å². The summed E-state index contributed by atoms with van der Waals surface area (Å²) in [6, 6.07) is -0.424. The van der Waals surface area contributed by atoms with Crippen molar-refractivity contribution in [3.63, 3.8) is 0 Å². The number of rotatable bonds is 0. The van der Waals surface area contributed by atoms with Crippen LogP contribution in [-0.2, 0) is 0 Å². The summed E-state index contributed by atoms with van der Waals surface area (Å²) in [6.07, 6.45) is -0.480. The number of hydrogen-bond donors (Lipinski definition) is 4. The topological polar surface area (TPSA) is 92.5 Å². The van der Waals surface area contributed by atoms with E-state index in [0.717, 1.165) is 0 Å². The number of aliphatic hydroxyl groups is 2. The second-order valence-electron chi connectivity index (χ2n) is 2.95. The van der Waals surface area contributed by atoms with Crippen molar-refractivity contribution >= 4 is 0 Å². The molecule has 0 spiro atoms. The quantitative estimate of drug-likeness (QED) is 0.323. The predicted molar refractivity (Wildman–Crippen MR) is 37.2 cm³/mol. The maximum absolute atomic E-state index is 9.13. The van der Waals surface area contributed by atoms with E-state index in [1.165, 1.54) is 0 Å². The third kappa shape index (κ3) is 1.46. The first-order chi connectivity index (χ1) is 4.61. The fraction of sp³-hybridized carbons (Fsp3) is 1.00. The van der Waals surface area contributed by atoms with Crippen LogP contribution in [0.25, 0.3) is 0 Å². The Morgan fingerprint density at radius 1 is 1.10 bits per heavy atom. The molecule has 0 radical (unpaired) electrons. The Morgan fingerprint density at radius 3 is 2.20 bits per heavy atom. The van der Waals surface area contributed by atoms with E-state index in [1.54, 1.807) is 0 Å². The van der Waals surface area contributed by atoms with E-state index in [9.17, 15) is 0 Å². The molecule has 1 saturated carbocycles. The van der Waals surface area contributed by atoms with E-state index in [4.69, 9.17) is 21.7 Å². The maximum Gasteiger partial charge on any atom is 0.0950 e. The van der Waals surface area contributed by atoms with Crippen molar-refractivity contribution in [2.45, 2.75) is 37.1 Å². The molecule has 0 bridgehead atoms. The Labute approximate surface area is 59.8 Å². The zero-order chi connectivity index (χ0) is 7.72. The summed E-state index contributed by atoms with van der Waals surface area (Å²) < 4.78 is 0. The molecule has 0 saturated heterocycles. The van der Waals surface area contributed by atoms with E-state index in [2.05, 4.69) is 0 Å². The highest BCUT2D eigenvalue weighted by molar-refractivity contribution is 4.89. The van der Waals surface area contributed by atoms with E-state index >= 15 is 0 Å².